The van der Waals surface area contributed by atoms with Crippen LogP contribution in [0.4, 0.5) is 4.39 Å². The van der Waals surface area contributed by atoms with Gasteiger partial charge >= 0.3 is 0 Å². The van der Waals surface area contributed by atoms with Gasteiger partial charge in [-0.1, -0.05) is 6.07 Å². The van der Waals surface area contributed by atoms with Crippen molar-refractivity contribution >= 4 is 10.0 Å². The summed E-state index contributed by atoms with van der Waals surface area (Å²) in [5.41, 5.74) is 0.702. The minimum atomic E-state index is -3.79. The van der Waals surface area contributed by atoms with Crippen molar-refractivity contribution < 1.29 is 17.9 Å². The van der Waals surface area contributed by atoms with Gasteiger partial charge in [0, 0.05) is 19.7 Å². The molecule has 1 aliphatic rings. The molecule has 1 atom stereocenters. The molecule has 1 N–H and O–H groups in total. The SMILES string of the molecule is Cc1ccc(F)c(S(=O)(=O)N2CC[C@@H](CO)C2)c1. The Balaban J connectivity index is 2.34. The van der Waals surface area contributed by atoms with E-state index in [1.165, 1.54) is 22.5 Å². The lowest BCUT2D eigenvalue weighted by Crippen LogP contribution is -2.30. The first-order valence-corrected chi connectivity index (χ1v) is 7.26. The third-order valence-corrected chi connectivity index (χ3v) is 5.09. The number of hydrogen-bond acceptors (Lipinski definition) is 3. The summed E-state index contributed by atoms with van der Waals surface area (Å²) in [6, 6.07) is 4.05. The largest absolute Gasteiger partial charge is 0.396 e. The molecular formula is C12H16FNO3S. The Morgan fingerprint density at radius 1 is 1.50 bits per heavy atom. The topological polar surface area (TPSA) is 57.6 Å². The maximum Gasteiger partial charge on any atom is 0.246 e. The summed E-state index contributed by atoms with van der Waals surface area (Å²) in [4.78, 5) is -0.277. The Hall–Kier alpha value is -0.980. The van der Waals surface area contributed by atoms with Gasteiger partial charge in [-0.25, -0.2) is 12.8 Å². The lowest BCUT2D eigenvalue weighted by atomic mass is 10.1. The minimum absolute atomic E-state index is 0.0394. The molecule has 1 aromatic carbocycles. The number of aliphatic hydroxyl groups is 1. The average Bonchev–Trinajstić information content (AvgIpc) is 2.81. The van der Waals surface area contributed by atoms with Crippen LogP contribution in [0.5, 0.6) is 0 Å². The second-order valence-corrected chi connectivity index (χ2v) is 6.54. The predicted octanol–water partition coefficient (Wildman–Crippen LogP) is 1.14. The molecule has 4 nitrogen and oxygen atoms in total. The van der Waals surface area contributed by atoms with Gasteiger partial charge in [-0.15, -0.1) is 0 Å². The Bertz CT molecular complexity index is 544. The number of hydrogen-bond donors (Lipinski definition) is 1. The summed E-state index contributed by atoms with van der Waals surface area (Å²) < 4.78 is 39.4. The van der Waals surface area contributed by atoms with Crippen LogP contribution in [0.15, 0.2) is 23.1 Å². The summed E-state index contributed by atoms with van der Waals surface area (Å²) >= 11 is 0. The van der Waals surface area contributed by atoms with Crippen molar-refractivity contribution in [3.63, 3.8) is 0 Å². The van der Waals surface area contributed by atoms with Crippen molar-refractivity contribution in [1.29, 1.82) is 0 Å². The third-order valence-electron chi connectivity index (χ3n) is 3.21. The standard InChI is InChI=1S/C12H16FNO3S/c1-9-2-3-11(13)12(6-9)18(16,17)14-5-4-10(7-14)8-15/h2-3,6,10,15H,4-5,7-8H2,1H3/t10-/m1/s1. The van der Waals surface area contributed by atoms with Crippen LogP contribution in [0.3, 0.4) is 0 Å². The van der Waals surface area contributed by atoms with Crippen LogP contribution in [0, 0.1) is 18.7 Å². The third kappa shape index (κ3) is 2.41. The molecule has 1 heterocycles. The van der Waals surface area contributed by atoms with Crippen LogP contribution in [0.1, 0.15) is 12.0 Å². The second kappa shape index (κ2) is 4.95. The maximum atomic E-state index is 13.6. The molecule has 0 aromatic heterocycles. The molecule has 0 saturated carbocycles. The van der Waals surface area contributed by atoms with Gasteiger partial charge in [-0.2, -0.15) is 4.31 Å². The summed E-state index contributed by atoms with van der Waals surface area (Å²) in [5.74, 6) is -0.777. The van der Waals surface area contributed by atoms with E-state index in [2.05, 4.69) is 0 Å². The predicted molar refractivity (Wildman–Crippen MR) is 65.1 cm³/mol. The fraction of sp³-hybridized carbons (Fsp3) is 0.500. The number of aliphatic hydroxyl groups excluding tert-OH is 1. The van der Waals surface area contributed by atoms with Gasteiger partial charge in [-0.05, 0) is 37.0 Å². The van der Waals surface area contributed by atoms with Crippen molar-refractivity contribution in [3.05, 3.63) is 29.6 Å². The summed E-state index contributed by atoms with van der Waals surface area (Å²) in [7, 11) is -3.79. The number of sulfonamides is 1. The first-order chi connectivity index (χ1) is 8.45. The van der Waals surface area contributed by atoms with Crippen LogP contribution < -0.4 is 0 Å². The lowest BCUT2D eigenvalue weighted by Gasteiger charge is -2.17. The Kier molecular flexibility index (Phi) is 3.70. The van der Waals surface area contributed by atoms with E-state index in [1.54, 1.807) is 6.92 Å². The molecule has 1 aliphatic heterocycles. The molecule has 1 fully saturated rings. The van der Waals surface area contributed by atoms with E-state index in [0.29, 0.717) is 18.5 Å². The van der Waals surface area contributed by atoms with Crippen molar-refractivity contribution in [2.75, 3.05) is 19.7 Å². The lowest BCUT2D eigenvalue weighted by molar-refractivity contribution is 0.233. The number of rotatable bonds is 3. The van der Waals surface area contributed by atoms with E-state index in [-0.39, 0.29) is 24.0 Å². The molecule has 0 bridgehead atoms. The van der Waals surface area contributed by atoms with Gasteiger partial charge < -0.3 is 5.11 Å². The Labute approximate surface area is 106 Å². The van der Waals surface area contributed by atoms with Gasteiger partial charge in [0.15, 0.2) is 0 Å². The number of aryl methyl sites for hydroxylation is 1. The van der Waals surface area contributed by atoms with Gasteiger partial charge in [0.25, 0.3) is 0 Å². The molecule has 1 saturated heterocycles. The highest BCUT2D eigenvalue weighted by molar-refractivity contribution is 7.89. The van der Waals surface area contributed by atoms with Crippen LogP contribution in [0.25, 0.3) is 0 Å². The molecule has 2 rings (SSSR count). The van der Waals surface area contributed by atoms with Gasteiger partial charge in [0.2, 0.25) is 10.0 Å². The van der Waals surface area contributed by atoms with Crippen molar-refractivity contribution in [2.45, 2.75) is 18.2 Å². The zero-order chi connectivity index (χ0) is 13.3. The summed E-state index contributed by atoms with van der Waals surface area (Å²) in [6.07, 6.45) is 0.614. The highest BCUT2D eigenvalue weighted by Crippen LogP contribution is 2.26. The molecule has 0 amide bonds. The number of benzene rings is 1. The van der Waals surface area contributed by atoms with E-state index >= 15 is 0 Å². The molecule has 0 spiro atoms. The van der Waals surface area contributed by atoms with Gasteiger partial charge in [0.1, 0.15) is 10.7 Å². The Morgan fingerprint density at radius 2 is 2.22 bits per heavy atom. The van der Waals surface area contributed by atoms with Crippen LogP contribution >= 0.6 is 0 Å². The molecule has 0 unspecified atom stereocenters. The van der Waals surface area contributed by atoms with Crippen molar-refractivity contribution in [2.24, 2.45) is 5.92 Å². The first kappa shape index (κ1) is 13.5. The van der Waals surface area contributed by atoms with Crippen LogP contribution in [-0.4, -0.2) is 37.5 Å². The highest BCUT2D eigenvalue weighted by atomic mass is 32.2. The fourth-order valence-electron chi connectivity index (χ4n) is 2.11. The zero-order valence-corrected chi connectivity index (χ0v) is 11.0. The smallest absolute Gasteiger partial charge is 0.246 e. The van der Waals surface area contributed by atoms with Gasteiger partial charge in [-0.3, -0.25) is 0 Å². The summed E-state index contributed by atoms with van der Waals surface area (Å²) in [5, 5.41) is 9.02. The zero-order valence-electron chi connectivity index (χ0n) is 10.1. The van der Waals surface area contributed by atoms with Crippen LogP contribution in [0.2, 0.25) is 0 Å². The van der Waals surface area contributed by atoms with E-state index in [9.17, 15) is 12.8 Å². The summed E-state index contributed by atoms with van der Waals surface area (Å²) in [6.45, 7) is 2.27. The average molecular weight is 273 g/mol. The molecule has 100 valence electrons. The highest BCUT2D eigenvalue weighted by Gasteiger charge is 2.33. The first-order valence-electron chi connectivity index (χ1n) is 5.82. The van der Waals surface area contributed by atoms with E-state index < -0.39 is 15.8 Å². The van der Waals surface area contributed by atoms with Crippen molar-refractivity contribution in [3.8, 4) is 0 Å². The molecular weight excluding hydrogens is 257 g/mol. The maximum absolute atomic E-state index is 13.6. The van der Waals surface area contributed by atoms with Crippen LogP contribution in [-0.2, 0) is 10.0 Å². The van der Waals surface area contributed by atoms with Gasteiger partial charge in [0.05, 0.1) is 0 Å². The van der Waals surface area contributed by atoms with E-state index in [4.69, 9.17) is 5.11 Å². The van der Waals surface area contributed by atoms with Crippen molar-refractivity contribution in [1.82, 2.24) is 4.31 Å². The number of halogens is 1. The quantitative estimate of drug-likeness (QED) is 0.898. The molecule has 6 heteroatoms. The second-order valence-electron chi connectivity index (χ2n) is 4.63. The number of nitrogens with zero attached hydrogens (tertiary/aromatic N) is 1. The molecule has 0 aliphatic carbocycles. The fourth-order valence-corrected chi connectivity index (χ4v) is 3.79. The Morgan fingerprint density at radius 3 is 2.83 bits per heavy atom. The monoisotopic (exact) mass is 273 g/mol. The van der Waals surface area contributed by atoms with E-state index in [1.807, 2.05) is 0 Å². The molecule has 0 radical (unpaired) electrons. The molecule has 18 heavy (non-hydrogen) atoms. The normalized spacial score (nSPS) is 21.4. The molecule has 1 aromatic rings. The minimum Gasteiger partial charge on any atom is -0.396 e. The van der Waals surface area contributed by atoms with E-state index in [0.717, 1.165) is 0 Å².